The van der Waals surface area contributed by atoms with Gasteiger partial charge in [-0.25, -0.2) is 0 Å². The van der Waals surface area contributed by atoms with Crippen molar-refractivity contribution in [3.8, 4) is 0 Å². The monoisotopic (exact) mass is 425 g/mol. The van der Waals surface area contributed by atoms with E-state index >= 15 is 0 Å². The molecule has 4 rings (SSSR count). The number of halogens is 1. The molecule has 160 valence electrons. The number of piperazine rings is 1. The molecule has 5 heteroatoms. The van der Waals surface area contributed by atoms with Gasteiger partial charge in [-0.1, -0.05) is 48.6 Å². The van der Waals surface area contributed by atoms with E-state index in [0.717, 1.165) is 51.4 Å². The largest absolute Gasteiger partial charge is 0.326 e. The highest BCUT2D eigenvalue weighted by Crippen LogP contribution is 2.24. The molecule has 0 spiro atoms. The van der Waals surface area contributed by atoms with Crippen molar-refractivity contribution < 1.29 is 4.79 Å². The third-order valence-corrected chi connectivity index (χ3v) is 5.98. The maximum Gasteiger partial charge on any atom is 0.225 e. The summed E-state index contributed by atoms with van der Waals surface area (Å²) in [5.41, 5.74) is 5.05. The predicted molar refractivity (Wildman–Crippen MR) is 127 cm³/mol. The summed E-state index contributed by atoms with van der Waals surface area (Å²) in [6.07, 6.45) is 8.55. The number of anilines is 1. The number of carbonyl (C=O) groups excluding carboxylic acids is 1. The molecule has 2 aromatic rings. The van der Waals surface area contributed by atoms with Crippen molar-refractivity contribution in [3.05, 3.63) is 71.3 Å². The van der Waals surface area contributed by atoms with Crippen molar-refractivity contribution in [3.63, 3.8) is 0 Å². The molecular weight excluding hydrogens is 394 g/mol. The van der Waals surface area contributed by atoms with Crippen molar-refractivity contribution in [1.82, 2.24) is 9.80 Å². The minimum atomic E-state index is 0. The average Bonchev–Trinajstić information content (AvgIpc) is 3.22. The van der Waals surface area contributed by atoms with Gasteiger partial charge in [0.05, 0.1) is 0 Å². The highest BCUT2D eigenvalue weighted by atomic mass is 35.5. The topological polar surface area (TPSA) is 35.6 Å². The maximum atomic E-state index is 12.3. The van der Waals surface area contributed by atoms with Crippen molar-refractivity contribution in [2.24, 2.45) is 0 Å². The number of hydrogen-bond acceptors (Lipinski definition) is 3. The number of rotatable bonds is 7. The molecule has 2 aromatic carbocycles. The Labute approximate surface area is 186 Å². The van der Waals surface area contributed by atoms with Gasteiger partial charge in [-0.15, -0.1) is 12.4 Å². The second-order valence-corrected chi connectivity index (χ2v) is 8.09. The van der Waals surface area contributed by atoms with Crippen LogP contribution in [0.15, 0.2) is 54.6 Å². The smallest absolute Gasteiger partial charge is 0.225 e. The van der Waals surface area contributed by atoms with Crippen molar-refractivity contribution in [2.45, 2.75) is 25.7 Å². The Morgan fingerprint density at radius 3 is 2.47 bits per heavy atom. The van der Waals surface area contributed by atoms with E-state index in [4.69, 9.17) is 0 Å². The van der Waals surface area contributed by atoms with Crippen LogP contribution >= 0.6 is 12.4 Å². The zero-order valence-corrected chi connectivity index (χ0v) is 18.4. The lowest BCUT2D eigenvalue weighted by molar-refractivity contribution is -0.116. The highest BCUT2D eigenvalue weighted by Gasteiger charge is 2.17. The molecule has 0 atom stereocenters. The quantitative estimate of drug-likeness (QED) is 0.720. The standard InChI is InChI=1S/C25H31N3O.ClH/c29-25(26-24-12-11-22-9-4-10-23(22)20-24)13-15-28-18-16-27(17-19-28)14-5-8-21-6-2-1-3-7-21;/h1-3,5-8,11-12,20H,4,9-10,13-19H2,(H,26,29);1H. The van der Waals surface area contributed by atoms with Crippen LogP contribution in [0.4, 0.5) is 5.69 Å². The lowest BCUT2D eigenvalue weighted by Gasteiger charge is -2.34. The van der Waals surface area contributed by atoms with Crippen molar-refractivity contribution >= 4 is 30.1 Å². The summed E-state index contributed by atoms with van der Waals surface area (Å²) in [7, 11) is 0. The molecule has 1 N–H and O–H groups in total. The zero-order valence-electron chi connectivity index (χ0n) is 17.6. The van der Waals surface area contributed by atoms with E-state index in [-0.39, 0.29) is 18.3 Å². The fourth-order valence-electron chi connectivity index (χ4n) is 4.23. The van der Waals surface area contributed by atoms with Gasteiger partial charge < -0.3 is 10.2 Å². The number of benzene rings is 2. The normalized spacial score (nSPS) is 16.9. The minimum absolute atomic E-state index is 0. The number of aryl methyl sites for hydroxylation is 2. The second kappa shape index (κ2) is 11.3. The molecule has 1 aliphatic carbocycles. The van der Waals surface area contributed by atoms with Gasteiger partial charge in [-0.2, -0.15) is 0 Å². The van der Waals surface area contributed by atoms with Gasteiger partial charge in [0.25, 0.3) is 0 Å². The van der Waals surface area contributed by atoms with E-state index in [2.05, 4.69) is 63.7 Å². The Bertz CT molecular complexity index is 845. The Morgan fingerprint density at radius 1 is 0.933 bits per heavy atom. The van der Waals surface area contributed by atoms with Gasteiger partial charge in [-0.05, 0) is 48.1 Å². The number of nitrogens with zero attached hydrogens (tertiary/aromatic N) is 2. The summed E-state index contributed by atoms with van der Waals surface area (Å²) < 4.78 is 0. The highest BCUT2D eigenvalue weighted by molar-refractivity contribution is 5.91. The van der Waals surface area contributed by atoms with Gasteiger partial charge >= 0.3 is 0 Å². The van der Waals surface area contributed by atoms with E-state index in [1.807, 2.05) is 12.1 Å². The molecule has 0 radical (unpaired) electrons. The summed E-state index contributed by atoms with van der Waals surface area (Å²) in [4.78, 5) is 17.2. The number of amides is 1. The van der Waals surface area contributed by atoms with Gasteiger partial charge in [0.15, 0.2) is 0 Å². The lowest BCUT2D eigenvalue weighted by Crippen LogP contribution is -2.46. The first kappa shape index (κ1) is 22.5. The Balaban J connectivity index is 0.00000256. The number of carbonyl (C=O) groups is 1. The Hall–Kier alpha value is -2.14. The molecule has 30 heavy (non-hydrogen) atoms. The molecule has 4 nitrogen and oxygen atoms in total. The molecule has 0 saturated carbocycles. The first-order valence-electron chi connectivity index (χ1n) is 10.8. The van der Waals surface area contributed by atoms with Crippen LogP contribution in [0.3, 0.4) is 0 Å². The van der Waals surface area contributed by atoms with Gasteiger partial charge in [0.1, 0.15) is 0 Å². The van der Waals surface area contributed by atoms with Crippen LogP contribution in [0.2, 0.25) is 0 Å². The summed E-state index contributed by atoms with van der Waals surface area (Å²) in [6, 6.07) is 16.8. The average molecular weight is 426 g/mol. The summed E-state index contributed by atoms with van der Waals surface area (Å²) in [5, 5.41) is 3.08. The van der Waals surface area contributed by atoms with E-state index in [0.29, 0.717) is 6.42 Å². The Morgan fingerprint density at radius 2 is 1.67 bits per heavy atom. The SMILES string of the molecule is Cl.O=C(CCN1CCN(CC=Cc2ccccc2)CC1)Nc1ccc2c(c1)CCC2. The van der Waals surface area contributed by atoms with Crippen LogP contribution in [0, 0.1) is 0 Å². The summed E-state index contributed by atoms with van der Waals surface area (Å²) >= 11 is 0. The fraction of sp³-hybridized carbons (Fsp3) is 0.400. The lowest BCUT2D eigenvalue weighted by atomic mass is 10.1. The van der Waals surface area contributed by atoms with E-state index < -0.39 is 0 Å². The van der Waals surface area contributed by atoms with Crippen LogP contribution < -0.4 is 5.32 Å². The molecule has 1 saturated heterocycles. The van der Waals surface area contributed by atoms with Crippen LogP contribution in [-0.2, 0) is 17.6 Å². The number of fused-ring (bicyclic) bond motifs is 1. The van der Waals surface area contributed by atoms with Gasteiger partial charge in [-0.3, -0.25) is 9.69 Å². The van der Waals surface area contributed by atoms with Crippen LogP contribution in [0.1, 0.15) is 29.5 Å². The van der Waals surface area contributed by atoms with Gasteiger partial charge in [0, 0.05) is 51.4 Å². The fourth-order valence-corrected chi connectivity index (χ4v) is 4.23. The van der Waals surface area contributed by atoms with Crippen LogP contribution in [0.25, 0.3) is 6.08 Å². The number of hydrogen-bond donors (Lipinski definition) is 1. The molecule has 1 aliphatic heterocycles. The molecule has 2 aliphatic rings. The minimum Gasteiger partial charge on any atom is -0.326 e. The summed E-state index contributed by atoms with van der Waals surface area (Å²) in [6.45, 7) is 6.01. The molecular formula is C25H32ClN3O. The third-order valence-electron chi connectivity index (χ3n) is 5.98. The molecule has 0 unspecified atom stereocenters. The molecule has 1 fully saturated rings. The van der Waals surface area contributed by atoms with Crippen LogP contribution in [-0.4, -0.2) is 55.0 Å². The van der Waals surface area contributed by atoms with E-state index in [1.165, 1.54) is 29.5 Å². The first-order valence-corrected chi connectivity index (χ1v) is 10.8. The first-order chi connectivity index (χ1) is 14.3. The second-order valence-electron chi connectivity index (χ2n) is 8.09. The maximum absolute atomic E-state index is 12.3. The summed E-state index contributed by atoms with van der Waals surface area (Å²) in [5.74, 6) is 0.121. The number of nitrogens with one attached hydrogen (secondary N) is 1. The third kappa shape index (κ3) is 6.43. The van der Waals surface area contributed by atoms with Crippen molar-refractivity contribution in [1.29, 1.82) is 0 Å². The van der Waals surface area contributed by atoms with E-state index in [9.17, 15) is 4.79 Å². The van der Waals surface area contributed by atoms with E-state index in [1.54, 1.807) is 0 Å². The molecule has 1 heterocycles. The van der Waals surface area contributed by atoms with Crippen molar-refractivity contribution in [2.75, 3.05) is 44.6 Å². The molecule has 0 aromatic heterocycles. The van der Waals surface area contributed by atoms with Gasteiger partial charge in [0.2, 0.25) is 5.91 Å². The zero-order chi connectivity index (χ0) is 19.9. The Kier molecular flexibility index (Phi) is 8.50. The predicted octanol–water partition coefficient (Wildman–Crippen LogP) is 4.26. The molecule has 0 bridgehead atoms. The molecule has 1 amide bonds. The van der Waals surface area contributed by atoms with Crippen LogP contribution in [0.5, 0.6) is 0 Å².